The van der Waals surface area contributed by atoms with E-state index in [0.717, 1.165) is 49.3 Å². The zero-order valence-electron chi connectivity index (χ0n) is 23.1. The van der Waals surface area contributed by atoms with E-state index >= 15 is 0 Å². The second-order valence-corrected chi connectivity index (χ2v) is 11.3. The maximum Gasteiger partial charge on any atom is 0.164 e. The Morgan fingerprint density at radius 3 is 1.70 bits per heavy atom. The molecule has 0 bridgehead atoms. The molecule has 8 rings (SSSR count). The van der Waals surface area contributed by atoms with E-state index in [9.17, 15) is 0 Å². The minimum atomic E-state index is 0.642. The van der Waals surface area contributed by atoms with Crippen LogP contribution in [0.3, 0.4) is 0 Å². The van der Waals surface area contributed by atoms with Gasteiger partial charge in [0.25, 0.3) is 0 Å². The first-order chi connectivity index (χ1) is 21.3. The number of nitrogens with zero attached hydrogens (tertiary/aromatic N) is 4. The number of fused-ring (bicyclic) bond motifs is 3. The fourth-order valence-corrected chi connectivity index (χ4v) is 6.55. The number of benzene rings is 6. The molecule has 0 aliphatic carbocycles. The highest BCUT2D eigenvalue weighted by molar-refractivity contribution is 7.22. The Labute approximate surface area is 253 Å². The van der Waals surface area contributed by atoms with E-state index in [0.29, 0.717) is 17.5 Å². The predicted octanol–water partition coefficient (Wildman–Crippen LogP) is 9.97. The number of thiazole rings is 1. The molecule has 0 fully saturated rings. The van der Waals surface area contributed by atoms with Gasteiger partial charge in [0.05, 0.1) is 10.2 Å². The van der Waals surface area contributed by atoms with E-state index in [-0.39, 0.29) is 0 Å². The van der Waals surface area contributed by atoms with Crippen molar-refractivity contribution in [2.24, 2.45) is 0 Å². The zero-order chi connectivity index (χ0) is 28.6. The van der Waals surface area contributed by atoms with Gasteiger partial charge in [0.2, 0.25) is 0 Å². The molecule has 8 aromatic rings. The lowest BCUT2D eigenvalue weighted by Crippen LogP contribution is -2.01. The molecule has 5 heteroatoms. The molecule has 0 saturated heterocycles. The monoisotopic (exact) mass is 568 g/mol. The van der Waals surface area contributed by atoms with Crippen LogP contribution >= 0.6 is 11.3 Å². The Kier molecular flexibility index (Phi) is 6.28. The lowest BCUT2D eigenvalue weighted by atomic mass is 9.99. The summed E-state index contributed by atoms with van der Waals surface area (Å²) in [6, 6.07) is 49.8. The summed E-state index contributed by atoms with van der Waals surface area (Å²) in [6.07, 6.45) is 0. The molecule has 4 nitrogen and oxygen atoms in total. The third-order valence-corrected chi connectivity index (χ3v) is 8.72. The molecule has 0 aliphatic heterocycles. The fourth-order valence-electron chi connectivity index (χ4n) is 5.45. The summed E-state index contributed by atoms with van der Waals surface area (Å²) >= 11 is 1.73. The van der Waals surface area contributed by atoms with Gasteiger partial charge in [0.15, 0.2) is 17.5 Å². The Morgan fingerprint density at radius 1 is 0.395 bits per heavy atom. The van der Waals surface area contributed by atoms with Gasteiger partial charge in [-0.3, -0.25) is 0 Å². The zero-order valence-corrected chi connectivity index (χ0v) is 23.9. The standard InChI is InChI=1S/C38H24N4S/c1-4-12-25(13-5-1)30-18-10-11-19-32(30)37-41-35(26-14-6-2-7-15-26)40-36(42-37)29-20-22-31-28(24-29)21-23-33-34(31)43-38(39-33)27-16-8-3-9-17-27/h1-24H. The molecule has 0 atom stereocenters. The van der Waals surface area contributed by atoms with Crippen LogP contribution in [0.4, 0.5) is 0 Å². The average molecular weight is 569 g/mol. The molecule has 0 amide bonds. The summed E-state index contributed by atoms with van der Waals surface area (Å²) in [5.41, 5.74) is 7.21. The SMILES string of the molecule is c1ccc(-c2nc(-c3ccc4c(ccc5nc(-c6ccccc6)sc54)c3)nc(-c3ccccc3-c3ccccc3)n2)cc1. The highest BCUT2D eigenvalue weighted by atomic mass is 32.1. The van der Waals surface area contributed by atoms with Crippen LogP contribution in [0.1, 0.15) is 0 Å². The fraction of sp³-hybridized carbons (Fsp3) is 0. The van der Waals surface area contributed by atoms with E-state index in [4.69, 9.17) is 19.9 Å². The van der Waals surface area contributed by atoms with Crippen molar-refractivity contribution in [2.45, 2.75) is 0 Å². The van der Waals surface area contributed by atoms with E-state index in [1.54, 1.807) is 11.3 Å². The lowest BCUT2D eigenvalue weighted by Gasteiger charge is -2.12. The van der Waals surface area contributed by atoms with Gasteiger partial charge in [-0.05, 0) is 28.6 Å². The third kappa shape index (κ3) is 4.76. The van der Waals surface area contributed by atoms with Gasteiger partial charge in [-0.25, -0.2) is 19.9 Å². The first-order valence-electron chi connectivity index (χ1n) is 14.2. The molecular formula is C38H24N4S. The highest BCUT2D eigenvalue weighted by Gasteiger charge is 2.16. The van der Waals surface area contributed by atoms with Crippen LogP contribution < -0.4 is 0 Å². The minimum absolute atomic E-state index is 0.642. The van der Waals surface area contributed by atoms with Crippen molar-refractivity contribution < 1.29 is 0 Å². The Hall–Kier alpha value is -5.52. The number of rotatable bonds is 5. The summed E-state index contributed by atoms with van der Waals surface area (Å²) in [7, 11) is 0. The second kappa shape index (κ2) is 10.7. The maximum atomic E-state index is 5.07. The largest absolute Gasteiger partial charge is 0.236 e. The van der Waals surface area contributed by atoms with Crippen molar-refractivity contribution in [3.8, 4) is 55.9 Å². The molecule has 2 heterocycles. The van der Waals surface area contributed by atoms with Crippen molar-refractivity contribution >= 4 is 32.3 Å². The molecule has 2 aromatic heterocycles. The van der Waals surface area contributed by atoms with Crippen molar-refractivity contribution in [3.63, 3.8) is 0 Å². The Morgan fingerprint density at radius 2 is 0.977 bits per heavy atom. The quantitative estimate of drug-likeness (QED) is 0.207. The van der Waals surface area contributed by atoms with Gasteiger partial charge >= 0.3 is 0 Å². The number of hydrogen-bond donors (Lipinski definition) is 0. The van der Waals surface area contributed by atoms with Gasteiger partial charge < -0.3 is 0 Å². The molecule has 0 N–H and O–H groups in total. The van der Waals surface area contributed by atoms with Crippen LogP contribution in [0, 0.1) is 0 Å². The molecule has 202 valence electrons. The smallest absolute Gasteiger partial charge is 0.164 e. The van der Waals surface area contributed by atoms with E-state index in [1.807, 2.05) is 48.5 Å². The van der Waals surface area contributed by atoms with Crippen LogP contribution in [0.25, 0.3) is 76.9 Å². The van der Waals surface area contributed by atoms with Crippen LogP contribution in [-0.4, -0.2) is 19.9 Å². The van der Waals surface area contributed by atoms with Crippen LogP contribution in [0.5, 0.6) is 0 Å². The summed E-state index contributed by atoms with van der Waals surface area (Å²) in [4.78, 5) is 20.0. The minimum Gasteiger partial charge on any atom is -0.236 e. The topological polar surface area (TPSA) is 51.6 Å². The molecule has 0 saturated carbocycles. The Balaban J connectivity index is 1.29. The second-order valence-electron chi connectivity index (χ2n) is 10.3. The van der Waals surface area contributed by atoms with Gasteiger partial charge in [0.1, 0.15) is 5.01 Å². The van der Waals surface area contributed by atoms with Crippen molar-refractivity contribution in [1.82, 2.24) is 19.9 Å². The molecule has 0 aliphatic rings. The molecule has 43 heavy (non-hydrogen) atoms. The summed E-state index contributed by atoms with van der Waals surface area (Å²) in [5.74, 6) is 1.94. The molecule has 6 aromatic carbocycles. The Bertz CT molecular complexity index is 2230. The van der Waals surface area contributed by atoms with Gasteiger partial charge in [-0.1, -0.05) is 133 Å². The van der Waals surface area contributed by atoms with E-state index in [2.05, 4.69) is 97.1 Å². The van der Waals surface area contributed by atoms with Gasteiger partial charge in [0, 0.05) is 27.6 Å². The van der Waals surface area contributed by atoms with Crippen molar-refractivity contribution in [2.75, 3.05) is 0 Å². The summed E-state index contributed by atoms with van der Waals surface area (Å²) in [5, 5.41) is 3.33. The maximum absolute atomic E-state index is 5.07. The van der Waals surface area contributed by atoms with Crippen LogP contribution in [0.15, 0.2) is 146 Å². The van der Waals surface area contributed by atoms with Crippen LogP contribution in [0.2, 0.25) is 0 Å². The normalized spacial score (nSPS) is 11.3. The highest BCUT2D eigenvalue weighted by Crippen LogP contribution is 2.37. The first kappa shape index (κ1) is 25.2. The average Bonchev–Trinajstić information content (AvgIpc) is 3.54. The molecule has 0 unspecified atom stereocenters. The van der Waals surface area contributed by atoms with Crippen molar-refractivity contribution in [3.05, 3.63) is 146 Å². The lowest BCUT2D eigenvalue weighted by molar-refractivity contribution is 1.07. The number of hydrogen-bond acceptors (Lipinski definition) is 5. The summed E-state index contributed by atoms with van der Waals surface area (Å²) < 4.78 is 1.18. The van der Waals surface area contributed by atoms with Gasteiger partial charge in [-0.15, -0.1) is 11.3 Å². The molecule has 0 spiro atoms. The van der Waals surface area contributed by atoms with Crippen molar-refractivity contribution in [1.29, 1.82) is 0 Å². The van der Waals surface area contributed by atoms with Crippen LogP contribution in [-0.2, 0) is 0 Å². The van der Waals surface area contributed by atoms with E-state index < -0.39 is 0 Å². The molecule has 0 radical (unpaired) electrons. The summed E-state index contributed by atoms with van der Waals surface area (Å²) in [6.45, 7) is 0. The van der Waals surface area contributed by atoms with E-state index in [1.165, 1.54) is 10.1 Å². The molecular weight excluding hydrogens is 545 g/mol. The third-order valence-electron chi connectivity index (χ3n) is 7.57. The predicted molar refractivity (Wildman–Crippen MR) is 178 cm³/mol. The first-order valence-corrected chi connectivity index (χ1v) is 15.0. The van der Waals surface area contributed by atoms with Gasteiger partial charge in [-0.2, -0.15) is 0 Å². The number of aromatic nitrogens is 4.